The standard InChI is InChI=1S/C15H25N3O/c1-5-7-12-8-14(19-11(3)4)10-17-15(12)9-13(6-2)18-16/h6,8,10-11,18H,5,7,9,16H2,1-4H3/b13-6-. The fourth-order valence-corrected chi connectivity index (χ4v) is 1.92. The molecule has 0 aliphatic heterocycles. The molecule has 1 heterocycles. The fraction of sp³-hybridized carbons (Fsp3) is 0.533. The Labute approximate surface area is 116 Å². The van der Waals surface area contributed by atoms with Crippen LogP contribution in [-0.2, 0) is 12.8 Å². The van der Waals surface area contributed by atoms with Gasteiger partial charge in [-0.05, 0) is 38.8 Å². The monoisotopic (exact) mass is 263 g/mol. The molecular weight excluding hydrogens is 238 g/mol. The van der Waals surface area contributed by atoms with Crippen LogP contribution < -0.4 is 16.0 Å². The predicted molar refractivity (Wildman–Crippen MR) is 78.8 cm³/mol. The Balaban J connectivity index is 2.97. The van der Waals surface area contributed by atoms with Crippen molar-refractivity contribution in [3.05, 3.63) is 35.3 Å². The van der Waals surface area contributed by atoms with Crippen LogP contribution in [0.5, 0.6) is 5.75 Å². The number of pyridine rings is 1. The Morgan fingerprint density at radius 1 is 1.53 bits per heavy atom. The molecule has 1 rings (SSSR count). The van der Waals surface area contributed by atoms with Gasteiger partial charge in [-0.15, -0.1) is 0 Å². The molecule has 0 spiro atoms. The van der Waals surface area contributed by atoms with Crippen LogP contribution in [0.25, 0.3) is 0 Å². The number of nitrogens with two attached hydrogens (primary N) is 1. The van der Waals surface area contributed by atoms with Gasteiger partial charge in [0.2, 0.25) is 0 Å². The smallest absolute Gasteiger partial charge is 0.138 e. The average molecular weight is 263 g/mol. The molecule has 0 aliphatic rings. The van der Waals surface area contributed by atoms with E-state index in [9.17, 15) is 0 Å². The van der Waals surface area contributed by atoms with E-state index >= 15 is 0 Å². The summed E-state index contributed by atoms with van der Waals surface area (Å²) in [5.41, 5.74) is 5.97. The number of aromatic nitrogens is 1. The molecule has 0 aliphatic carbocycles. The highest BCUT2D eigenvalue weighted by Crippen LogP contribution is 2.19. The number of aryl methyl sites for hydroxylation is 1. The predicted octanol–water partition coefficient (Wildman–Crippen LogP) is 2.73. The third-order valence-electron chi connectivity index (χ3n) is 2.82. The first-order valence-electron chi connectivity index (χ1n) is 6.86. The summed E-state index contributed by atoms with van der Waals surface area (Å²) < 4.78 is 5.70. The second kappa shape index (κ2) is 7.79. The zero-order valence-corrected chi connectivity index (χ0v) is 12.4. The number of rotatable bonds is 7. The van der Waals surface area contributed by atoms with Crippen LogP contribution in [0.2, 0.25) is 0 Å². The summed E-state index contributed by atoms with van der Waals surface area (Å²) in [5.74, 6) is 6.32. The van der Waals surface area contributed by atoms with Gasteiger partial charge in [0.15, 0.2) is 0 Å². The minimum absolute atomic E-state index is 0.166. The van der Waals surface area contributed by atoms with Gasteiger partial charge in [0.1, 0.15) is 5.75 Å². The van der Waals surface area contributed by atoms with Gasteiger partial charge in [0, 0.05) is 17.8 Å². The molecule has 106 valence electrons. The molecule has 0 unspecified atom stereocenters. The van der Waals surface area contributed by atoms with Gasteiger partial charge in [-0.1, -0.05) is 19.4 Å². The molecule has 0 radical (unpaired) electrons. The van der Waals surface area contributed by atoms with Crippen molar-refractivity contribution in [2.75, 3.05) is 0 Å². The zero-order chi connectivity index (χ0) is 14.3. The van der Waals surface area contributed by atoms with E-state index in [0.29, 0.717) is 0 Å². The van der Waals surface area contributed by atoms with Crippen molar-refractivity contribution in [2.24, 2.45) is 5.84 Å². The van der Waals surface area contributed by atoms with Crippen LogP contribution in [0.4, 0.5) is 0 Å². The molecule has 0 saturated carbocycles. The van der Waals surface area contributed by atoms with E-state index in [-0.39, 0.29) is 6.10 Å². The Morgan fingerprint density at radius 2 is 2.26 bits per heavy atom. The Kier molecular flexibility index (Phi) is 6.36. The Bertz CT molecular complexity index is 427. The summed E-state index contributed by atoms with van der Waals surface area (Å²) in [5, 5.41) is 0. The Morgan fingerprint density at radius 3 is 2.79 bits per heavy atom. The molecule has 1 aromatic rings. The summed E-state index contributed by atoms with van der Waals surface area (Å²) in [6, 6.07) is 2.09. The van der Waals surface area contributed by atoms with Crippen LogP contribution in [0.15, 0.2) is 24.0 Å². The lowest BCUT2D eigenvalue weighted by atomic mass is 10.0. The number of nitrogens with one attached hydrogen (secondary N) is 1. The van der Waals surface area contributed by atoms with Crippen LogP contribution in [0.1, 0.15) is 45.4 Å². The lowest BCUT2D eigenvalue weighted by Crippen LogP contribution is -2.23. The van der Waals surface area contributed by atoms with Gasteiger partial charge in [-0.3, -0.25) is 10.8 Å². The summed E-state index contributed by atoms with van der Waals surface area (Å²) in [7, 11) is 0. The first-order chi connectivity index (χ1) is 9.10. The quantitative estimate of drug-likeness (QED) is 0.586. The van der Waals surface area contributed by atoms with Gasteiger partial charge >= 0.3 is 0 Å². The summed E-state index contributed by atoms with van der Waals surface area (Å²) in [6.45, 7) is 8.16. The van der Waals surface area contributed by atoms with Crippen molar-refractivity contribution in [3.63, 3.8) is 0 Å². The van der Waals surface area contributed by atoms with Crippen molar-refractivity contribution in [3.8, 4) is 5.75 Å². The first kappa shape index (κ1) is 15.5. The highest BCUT2D eigenvalue weighted by molar-refractivity contribution is 5.32. The maximum atomic E-state index is 5.70. The number of hydrogen-bond donors (Lipinski definition) is 2. The van der Waals surface area contributed by atoms with E-state index in [0.717, 1.165) is 36.4 Å². The minimum atomic E-state index is 0.166. The van der Waals surface area contributed by atoms with Crippen LogP contribution in [0.3, 0.4) is 0 Å². The maximum absolute atomic E-state index is 5.70. The van der Waals surface area contributed by atoms with Crippen LogP contribution >= 0.6 is 0 Å². The maximum Gasteiger partial charge on any atom is 0.138 e. The molecule has 3 N–H and O–H groups in total. The van der Waals surface area contributed by atoms with Gasteiger partial charge in [-0.25, -0.2) is 0 Å². The lowest BCUT2D eigenvalue weighted by Gasteiger charge is -2.14. The van der Waals surface area contributed by atoms with Crippen molar-refractivity contribution in [1.29, 1.82) is 0 Å². The van der Waals surface area contributed by atoms with Gasteiger partial charge < -0.3 is 10.2 Å². The van der Waals surface area contributed by atoms with Gasteiger partial charge in [0.25, 0.3) is 0 Å². The second-order valence-electron chi connectivity index (χ2n) is 4.83. The van der Waals surface area contributed by atoms with E-state index in [1.807, 2.05) is 26.8 Å². The van der Waals surface area contributed by atoms with Gasteiger partial charge in [-0.2, -0.15) is 0 Å². The molecule has 19 heavy (non-hydrogen) atoms. The zero-order valence-electron chi connectivity index (χ0n) is 12.4. The first-order valence-corrected chi connectivity index (χ1v) is 6.86. The van der Waals surface area contributed by atoms with Crippen molar-refractivity contribution in [2.45, 2.75) is 53.1 Å². The Hall–Kier alpha value is -1.55. The van der Waals surface area contributed by atoms with Crippen LogP contribution in [0, 0.1) is 0 Å². The van der Waals surface area contributed by atoms with E-state index in [1.54, 1.807) is 6.20 Å². The van der Waals surface area contributed by atoms with E-state index in [4.69, 9.17) is 10.6 Å². The van der Waals surface area contributed by atoms with E-state index in [2.05, 4.69) is 23.4 Å². The van der Waals surface area contributed by atoms with Crippen LogP contribution in [-0.4, -0.2) is 11.1 Å². The summed E-state index contributed by atoms with van der Waals surface area (Å²) in [4.78, 5) is 4.52. The number of ether oxygens (including phenoxy) is 1. The molecule has 0 aromatic carbocycles. The topological polar surface area (TPSA) is 60.2 Å². The van der Waals surface area contributed by atoms with Gasteiger partial charge in [0.05, 0.1) is 12.3 Å². The van der Waals surface area contributed by atoms with Crippen molar-refractivity contribution in [1.82, 2.24) is 10.4 Å². The number of allylic oxidation sites excluding steroid dienone is 2. The average Bonchev–Trinajstić information content (AvgIpc) is 2.37. The molecule has 0 bridgehead atoms. The van der Waals surface area contributed by atoms with Crippen molar-refractivity contribution < 1.29 is 4.74 Å². The molecule has 0 atom stereocenters. The fourth-order valence-electron chi connectivity index (χ4n) is 1.92. The SMILES string of the molecule is C/C=C(/Cc1ncc(OC(C)C)cc1CCC)NN. The highest BCUT2D eigenvalue weighted by atomic mass is 16.5. The second-order valence-corrected chi connectivity index (χ2v) is 4.83. The number of nitrogens with zero attached hydrogens (tertiary/aromatic N) is 1. The number of hydrogen-bond acceptors (Lipinski definition) is 4. The molecule has 0 saturated heterocycles. The normalized spacial score (nSPS) is 11.8. The molecule has 4 heteroatoms. The molecule has 4 nitrogen and oxygen atoms in total. The van der Waals surface area contributed by atoms with E-state index in [1.165, 1.54) is 5.56 Å². The molecular formula is C15H25N3O. The molecule has 0 fully saturated rings. The highest BCUT2D eigenvalue weighted by Gasteiger charge is 2.08. The summed E-state index contributed by atoms with van der Waals surface area (Å²) in [6.07, 6.45) is 6.73. The van der Waals surface area contributed by atoms with Crippen molar-refractivity contribution >= 4 is 0 Å². The number of hydrazine groups is 1. The largest absolute Gasteiger partial charge is 0.489 e. The van der Waals surface area contributed by atoms with E-state index < -0.39 is 0 Å². The molecule has 1 aromatic heterocycles. The molecule has 0 amide bonds. The lowest BCUT2D eigenvalue weighted by molar-refractivity contribution is 0.241. The third-order valence-corrected chi connectivity index (χ3v) is 2.82. The summed E-state index contributed by atoms with van der Waals surface area (Å²) >= 11 is 0. The minimum Gasteiger partial charge on any atom is -0.489 e. The third kappa shape index (κ3) is 4.91.